The van der Waals surface area contributed by atoms with E-state index in [9.17, 15) is 18.0 Å². The van der Waals surface area contributed by atoms with Crippen LogP contribution in [0.3, 0.4) is 0 Å². The van der Waals surface area contributed by atoms with Crippen LogP contribution in [0.15, 0.2) is 83.8 Å². The zero-order chi connectivity index (χ0) is 23.3. The van der Waals surface area contributed by atoms with Gasteiger partial charge in [0.15, 0.2) is 0 Å². The van der Waals surface area contributed by atoms with E-state index in [-0.39, 0.29) is 22.9 Å². The third kappa shape index (κ3) is 5.23. The molecule has 0 fully saturated rings. The van der Waals surface area contributed by atoms with Gasteiger partial charge in [-0.25, -0.2) is 8.42 Å². The van der Waals surface area contributed by atoms with Gasteiger partial charge in [-0.15, -0.1) is 0 Å². The summed E-state index contributed by atoms with van der Waals surface area (Å²) in [7, 11) is -3.83. The summed E-state index contributed by atoms with van der Waals surface area (Å²) in [6.07, 6.45) is 1.56. The fourth-order valence-electron chi connectivity index (χ4n) is 3.80. The van der Waals surface area contributed by atoms with E-state index in [0.29, 0.717) is 18.8 Å². The number of nitrogens with one attached hydrogen (secondary N) is 2. The van der Waals surface area contributed by atoms with E-state index in [1.807, 2.05) is 48.5 Å². The van der Waals surface area contributed by atoms with Gasteiger partial charge < -0.3 is 10.6 Å². The summed E-state index contributed by atoms with van der Waals surface area (Å²) in [4.78, 5) is 24.7. The average molecular weight is 464 g/mol. The molecule has 3 aromatic rings. The highest BCUT2D eigenvalue weighted by atomic mass is 32.2. The van der Waals surface area contributed by atoms with E-state index < -0.39 is 15.9 Å². The summed E-state index contributed by atoms with van der Waals surface area (Å²) in [5.74, 6) is -0.846. The van der Waals surface area contributed by atoms with Gasteiger partial charge in [0.2, 0.25) is 5.91 Å². The third-order valence-corrected chi connectivity index (χ3v) is 7.30. The highest BCUT2D eigenvalue weighted by Gasteiger charge is 2.29. The van der Waals surface area contributed by atoms with Crippen molar-refractivity contribution < 1.29 is 18.0 Å². The number of aryl methyl sites for hydroxylation is 1. The number of hydrogen-bond acceptors (Lipinski definition) is 4. The Morgan fingerprint density at radius 1 is 0.879 bits per heavy atom. The van der Waals surface area contributed by atoms with Gasteiger partial charge in [0.25, 0.3) is 15.9 Å². The minimum absolute atomic E-state index is 0.0420. The van der Waals surface area contributed by atoms with Crippen molar-refractivity contribution in [3.05, 3.63) is 95.6 Å². The molecule has 0 saturated carbocycles. The van der Waals surface area contributed by atoms with Crippen molar-refractivity contribution in [1.29, 1.82) is 0 Å². The molecule has 3 aromatic carbocycles. The predicted octanol–water partition coefficient (Wildman–Crippen LogP) is 2.87. The number of sulfonamides is 1. The first-order chi connectivity index (χ1) is 15.9. The fourth-order valence-corrected chi connectivity index (χ4v) is 5.38. The Bertz CT molecular complexity index is 1260. The number of nitrogens with zero attached hydrogens (tertiary/aromatic N) is 1. The highest BCUT2D eigenvalue weighted by Crippen LogP contribution is 2.31. The van der Waals surface area contributed by atoms with Gasteiger partial charge in [0, 0.05) is 18.7 Å². The van der Waals surface area contributed by atoms with Crippen LogP contribution in [0.1, 0.15) is 27.9 Å². The summed E-state index contributed by atoms with van der Waals surface area (Å²) in [5, 5.41) is 5.29. The van der Waals surface area contributed by atoms with E-state index in [1.54, 1.807) is 6.07 Å². The van der Waals surface area contributed by atoms with Crippen molar-refractivity contribution in [1.82, 2.24) is 10.6 Å². The smallest absolute Gasteiger partial charge is 0.264 e. The van der Waals surface area contributed by atoms with E-state index >= 15 is 0 Å². The van der Waals surface area contributed by atoms with E-state index in [0.717, 1.165) is 24.0 Å². The number of carbonyl (C=O) groups is 2. The molecule has 1 heterocycles. The molecule has 8 heteroatoms. The first-order valence-electron chi connectivity index (χ1n) is 10.7. The van der Waals surface area contributed by atoms with Gasteiger partial charge in [-0.05, 0) is 48.2 Å². The average Bonchev–Trinajstić information content (AvgIpc) is 2.86. The topological polar surface area (TPSA) is 95.6 Å². The second-order valence-electron chi connectivity index (χ2n) is 7.78. The maximum Gasteiger partial charge on any atom is 0.264 e. The van der Waals surface area contributed by atoms with Crippen LogP contribution in [0.5, 0.6) is 0 Å². The second kappa shape index (κ2) is 9.87. The Labute approximate surface area is 193 Å². The molecule has 7 nitrogen and oxygen atoms in total. The Kier molecular flexibility index (Phi) is 6.74. The molecule has 4 rings (SSSR count). The monoisotopic (exact) mass is 463 g/mol. The lowest BCUT2D eigenvalue weighted by atomic mass is 10.0. The lowest BCUT2D eigenvalue weighted by molar-refractivity contribution is -0.120. The molecule has 0 radical (unpaired) electrons. The zero-order valence-corrected chi connectivity index (χ0v) is 18.8. The number of anilines is 1. The molecule has 0 bridgehead atoms. The van der Waals surface area contributed by atoms with Gasteiger partial charge in [-0.1, -0.05) is 54.6 Å². The standard InChI is InChI=1S/C25H25N3O4S/c29-24(26-17-19-8-2-1-3-9-19)18-27-25(30)21-11-6-13-22(16-21)33(31,32)28-15-7-12-20-10-4-5-14-23(20)28/h1-6,8-11,13-14,16H,7,12,15,17-18H2,(H,26,29)(H,27,30). The molecule has 0 unspecified atom stereocenters. The van der Waals surface area contributed by atoms with Crippen LogP contribution < -0.4 is 14.9 Å². The highest BCUT2D eigenvalue weighted by molar-refractivity contribution is 7.92. The summed E-state index contributed by atoms with van der Waals surface area (Å²) in [6.45, 7) is 0.542. The molecule has 1 aliphatic rings. The number of fused-ring (bicyclic) bond motifs is 1. The number of carbonyl (C=O) groups excluding carboxylic acids is 2. The van der Waals surface area contributed by atoms with Crippen LogP contribution in [0.2, 0.25) is 0 Å². The summed E-state index contributed by atoms with van der Waals surface area (Å²) in [6, 6.07) is 22.8. The van der Waals surface area contributed by atoms with Crippen molar-refractivity contribution in [2.75, 3.05) is 17.4 Å². The number of hydrogen-bond donors (Lipinski definition) is 2. The SMILES string of the molecule is O=C(CNC(=O)c1cccc(S(=O)(=O)N2CCCc3ccccc32)c1)NCc1ccccc1. The Hall–Kier alpha value is -3.65. The van der Waals surface area contributed by atoms with Crippen LogP contribution in [-0.4, -0.2) is 33.3 Å². The van der Waals surface area contributed by atoms with Gasteiger partial charge >= 0.3 is 0 Å². The molecule has 0 atom stereocenters. The van der Waals surface area contributed by atoms with E-state index in [2.05, 4.69) is 10.6 Å². The Morgan fingerprint density at radius 3 is 2.45 bits per heavy atom. The van der Waals surface area contributed by atoms with Gasteiger partial charge in [-0.2, -0.15) is 0 Å². The maximum atomic E-state index is 13.3. The first kappa shape index (κ1) is 22.5. The number of benzene rings is 3. The molecule has 0 spiro atoms. The normalized spacial score (nSPS) is 13.2. The molecule has 1 aliphatic heterocycles. The van der Waals surface area contributed by atoms with Crippen LogP contribution in [0.4, 0.5) is 5.69 Å². The van der Waals surface area contributed by atoms with Crippen LogP contribution >= 0.6 is 0 Å². The van der Waals surface area contributed by atoms with Crippen LogP contribution in [-0.2, 0) is 27.8 Å². The lowest BCUT2D eigenvalue weighted by Crippen LogP contribution is -2.37. The molecule has 33 heavy (non-hydrogen) atoms. The summed E-state index contributed by atoms with van der Waals surface area (Å²) >= 11 is 0. The third-order valence-electron chi connectivity index (χ3n) is 5.49. The largest absolute Gasteiger partial charge is 0.350 e. The van der Waals surface area contributed by atoms with Crippen molar-refractivity contribution in [2.24, 2.45) is 0 Å². The molecule has 0 saturated heterocycles. The summed E-state index contributed by atoms with van der Waals surface area (Å²) < 4.78 is 28.1. The number of amides is 2. The predicted molar refractivity (Wildman–Crippen MR) is 126 cm³/mol. The van der Waals surface area contributed by atoms with Crippen molar-refractivity contribution >= 4 is 27.5 Å². The molecule has 2 amide bonds. The lowest BCUT2D eigenvalue weighted by Gasteiger charge is -2.30. The minimum atomic E-state index is -3.83. The maximum absolute atomic E-state index is 13.3. The Morgan fingerprint density at radius 2 is 1.64 bits per heavy atom. The Balaban J connectivity index is 1.42. The molecule has 170 valence electrons. The molecule has 0 aromatic heterocycles. The zero-order valence-electron chi connectivity index (χ0n) is 18.0. The van der Waals surface area contributed by atoms with Crippen molar-refractivity contribution in [2.45, 2.75) is 24.3 Å². The first-order valence-corrected chi connectivity index (χ1v) is 12.2. The number of para-hydroxylation sites is 1. The fraction of sp³-hybridized carbons (Fsp3) is 0.200. The van der Waals surface area contributed by atoms with E-state index in [4.69, 9.17) is 0 Å². The molecular formula is C25H25N3O4S. The second-order valence-corrected chi connectivity index (χ2v) is 9.64. The quantitative estimate of drug-likeness (QED) is 0.563. The number of rotatable bonds is 7. The van der Waals surface area contributed by atoms with Gasteiger partial charge in [0.1, 0.15) is 0 Å². The minimum Gasteiger partial charge on any atom is -0.350 e. The van der Waals surface area contributed by atoms with Crippen LogP contribution in [0.25, 0.3) is 0 Å². The van der Waals surface area contributed by atoms with Crippen molar-refractivity contribution in [3.8, 4) is 0 Å². The van der Waals surface area contributed by atoms with E-state index in [1.165, 1.54) is 28.6 Å². The summed E-state index contributed by atoms with van der Waals surface area (Å²) in [5.41, 5.74) is 2.79. The van der Waals surface area contributed by atoms with Gasteiger partial charge in [0.05, 0.1) is 17.1 Å². The van der Waals surface area contributed by atoms with Gasteiger partial charge in [-0.3, -0.25) is 13.9 Å². The molecule has 0 aliphatic carbocycles. The molecular weight excluding hydrogens is 438 g/mol. The van der Waals surface area contributed by atoms with Crippen LogP contribution in [0, 0.1) is 0 Å². The van der Waals surface area contributed by atoms with Crippen molar-refractivity contribution in [3.63, 3.8) is 0 Å². The molecule has 2 N–H and O–H groups in total.